The third-order valence-corrected chi connectivity index (χ3v) is 2.05. The van der Waals surface area contributed by atoms with Gasteiger partial charge in [-0.2, -0.15) is 0 Å². The average Bonchev–Trinajstić information content (AvgIpc) is 2.28. The molecule has 82 valence electrons. The SMILES string of the molecule is CNCC(O)C(=O)c1cccc(OC)c1. The average molecular weight is 209 g/mol. The Kier molecular flexibility index (Phi) is 4.27. The number of ether oxygens (including phenoxy) is 1. The van der Waals surface area contributed by atoms with Crippen LogP contribution in [0.5, 0.6) is 5.75 Å². The van der Waals surface area contributed by atoms with Gasteiger partial charge in [-0.15, -0.1) is 0 Å². The Morgan fingerprint density at radius 2 is 2.33 bits per heavy atom. The molecule has 0 saturated carbocycles. The number of hydrogen-bond donors (Lipinski definition) is 2. The van der Waals surface area contributed by atoms with E-state index in [0.29, 0.717) is 11.3 Å². The van der Waals surface area contributed by atoms with Crippen molar-refractivity contribution in [3.05, 3.63) is 29.8 Å². The van der Waals surface area contributed by atoms with E-state index >= 15 is 0 Å². The van der Waals surface area contributed by atoms with Gasteiger partial charge in [-0.05, 0) is 19.2 Å². The molecule has 0 fully saturated rings. The molecule has 1 aromatic rings. The Balaban J connectivity index is 2.81. The minimum Gasteiger partial charge on any atom is -0.497 e. The predicted molar refractivity (Wildman–Crippen MR) is 57.3 cm³/mol. The van der Waals surface area contributed by atoms with Gasteiger partial charge in [-0.3, -0.25) is 4.79 Å². The lowest BCUT2D eigenvalue weighted by atomic mass is 10.1. The predicted octanol–water partition coefficient (Wildman–Crippen LogP) is 0.458. The van der Waals surface area contributed by atoms with Gasteiger partial charge in [0.1, 0.15) is 11.9 Å². The number of likely N-dealkylation sites (N-methyl/N-ethyl adjacent to an activating group) is 1. The van der Waals surface area contributed by atoms with Crippen LogP contribution in [0.15, 0.2) is 24.3 Å². The molecule has 1 rings (SSSR count). The number of aliphatic hydroxyl groups excluding tert-OH is 1. The Hall–Kier alpha value is -1.39. The van der Waals surface area contributed by atoms with E-state index in [0.717, 1.165) is 0 Å². The van der Waals surface area contributed by atoms with Gasteiger partial charge in [0.15, 0.2) is 5.78 Å². The van der Waals surface area contributed by atoms with Crippen molar-refractivity contribution in [2.75, 3.05) is 20.7 Å². The zero-order chi connectivity index (χ0) is 11.3. The number of hydrogen-bond acceptors (Lipinski definition) is 4. The second-order valence-corrected chi connectivity index (χ2v) is 3.17. The lowest BCUT2D eigenvalue weighted by molar-refractivity contribution is 0.0750. The van der Waals surface area contributed by atoms with E-state index in [-0.39, 0.29) is 12.3 Å². The molecule has 0 heterocycles. The zero-order valence-corrected chi connectivity index (χ0v) is 8.86. The van der Waals surface area contributed by atoms with Crippen molar-refractivity contribution in [1.29, 1.82) is 0 Å². The van der Waals surface area contributed by atoms with Crippen molar-refractivity contribution in [2.45, 2.75) is 6.10 Å². The summed E-state index contributed by atoms with van der Waals surface area (Å²) in [5, 5.41) is 12.2. The van der Waals surface area contributed by atoms with Crippen molar-refractivity contribution in [3.63, 3.8) is 0 Å². The first-order valence-corrected chi connectivity index (χ1v) is 4.70. The number of carbonyl (C=O) groups excluding carboxylic acids is 1. The minimum absolute atomic E-state index is 0.246. The Morgan fingerprint density at radius 3 is 2.93 bits per heavy atom. The van der Waals surface area contributed by atoms with E-state index < -0.39 is 6.10 Å². The fraction of sp³-hybridized carbons (Fsp3) is 0.364. The number of ketones is 1. The summed E-state index contributed by atoms with van der Waals surface area (Å²) in [4.78, 5) is 11.7. The maximum Gasteiger partial charge on any atom is 0.192 e. The summed E-state index contributed by atoms with van der Waals surface area (Å²) in [5.41, 5.74) is 0.456. The number of carbonyl (C=O) groups is 1. The van der Waals surface area contributed by atoms with Crippen molar-refractivity contribution in [3.8, 4) is 5.75 Å². The number of benzene rings is 1. The molecule has 4 heteroatoms. The molecular weight excluding hydrogens is 194 g/mol. The first-order chi connectivity index (χ1) is 7.19. The van der Waals surface area contributed by atoms with Crippen LogP contribution in [0.1, 0.15) is 10.4 Å². The Labute approximate surface area is 88.9 Å². The molecule has 0 aliphatic rings. The summed E-state index contributed by atoms with van der Waals surface area (Å²) in [6.45, 7) is 0.246. The van der Waals surface area contributed by atoms with Crippen LogP contribution in [0.4, 0.5) is 0 Å². The molecular formula is C11H15NO3. The van der Waals surface area contributed by atoms with E-state index in [2.05, 4.69) is 5.32 Å². The molecule has 0 spiro atoms. The van der Waals surface area contributed by atoms with Gasteiger partial charge in [-0.1, -0.05) is 12.1 Å². The molecule has 1 unspecified atom stereocenters. The third kappa shape index (κ3) is 3.04. The van der Waals surface area contributed by atoms with E-state index in [1.165, 1.54) is 7.11 Å². The highest BCUT2D eigenvalue weighted by molar-refractivity contribution is 5.99. The van der Waals surface area contributed by atoms with Gasteiger partial charge in [0, 0.05) is 12.1 Å². The Bertz CT molecular complexity index is 338. The van der Waals surface area contributed by atoms with Gasteiger partial charge >= 0.3 is 0 Å². The molecule has 0 aromatic heterocycles. The number of nitrogens with one attached hydrogen (secondary N) is 1. The van der Waals surface area contributed by atoms with Crippen molar-refractivity contribution in [2.24, 2.45) is 0 Å². The van der Waals surface area contributed by atoms with E-state index in [1.54, 1.807) is 31.3 Å². The van der Waals surface area contributed by atoms with Gasteiger partial charge in [0.25, 0.3) is 0 Å². The standard InChI is InChI=1S/C11H15NO3/c1-12-7-10(13)11(14)8-4-3-5-9(6-8)15-2/h3-6,10,12-13H,7H2,1-2H3. The molecule has 4 nitrogen and oxygen atoms in total. The summed E-state index contributed by atoms with van der Waals surface area (Å²) in [6.07, 6.45) is -1.01. The lowest BCUT2D eigenvalue weighted by Gasteiger charge is -2.09. The summed E-state index contributed by atoms with van der Waals surface area (Å²) in [7, 11) is 3.22. The monoisotopic (exact) mass is 209 g/mol. The maximum atomic E-state index is 11.7. The second-order valence-electron chi connectivity index (χ2n) is 3.17. The van der Waals surface area contributed by atoms with Crippen LogP contribution in [0, 0.1) is 0 Å². The summed E-state index contributed by atoms with van der Waals surface area (Å²) in [5.74, 6) is 0.306. The van der Waals surface area contributed by atoms with Crippen molar-refractivity contribution >= 4 is 5.78 Å². The minimum atomic E-state index is -1.01. The van der Waals surface area contributed by atoms with Crippen LogP contribution < -0.4 is 10.1 Å². The smallest absolute Gasteiger partial charge is 0.192 e. The summed E-state index contributed by atoms with van der Waals surface area (Å²) < 4.78 is 5.00. The molecule has 0 aliphatic heterocycles. The zero-order valence-electron chi connectivity index (χ0n) is 8.86. The largest absolute Gasteiger partial charge is 0.497 e. The fourth-order valence-electron chi connectivity index (χ4n) is 1.25. The second kappa shape index (κ2) is 5.48. The normalized spacial score (nSPS) is 12.2. The van der Waals surface area contributed by atoms with Crippen LogP contribution >= 0.6 is 0 Å². The van der Waals surface area contributed by atoms with Crippen LogP contribution in [-0.4, -0.2) is 37.7 Å². The topological polar surface area (TPSA) is 58.6 Å². The molecule has 0 amide bonds. The number of rotatable bonds is 5. The van der Waals surface area contributed by atoms with E-state index in [4.69, 9.17) is 4.74 Å². The summed E-state index contributed by atoms with van der Waals surface area (Å²) in [6, 6.07) is 6.74. The molecule has 0 aliphatic carbocycles. The molecule has 0 saturated heterocycles. The van der Waals surface area contributed by atoms with Crippen molar-refractivity contribution in [1.82, 2.24) is 5.32 Å². The van der Waals surface area contributed by atoms with Gasteiger partial charge in [-0.25, -0.2) is 0 Å². The number of Topliss-reactive ketones (excluding diaryl/α,β-unsaturated/α-hetero) is 1. The summed E-state index contributed by atoms with van der Waals surface area (Å²) >= 11 is 0. The highest BCUT2D eigenvalue weighted by Crippen LogP contribution is 2.13. The van der Waals surface area contributed by atoms with Crippen LogP contribution in [0.25, 0.3) is 0 Å². The lowest BCUT2D eigenvalue weighted by Crippen LogP contribution is -2.31. The number of methoxy groups -OCH3 is 1. The molecule has 1 aromatic carbocycles. The quantitative estimate of drug-likeness (QED) is 0.692. The highest BCUT2D eigenvalue weighted by Gasteiger charge is 2.16. The fourth-order valence-corrected chi connectivity index (χ4v) is 1.25. The molecule has 1 atom stereocenters. The molecule has 2 N–H and O–H groups in total. The van der Waals surface area contributed by atoms with Crippen LogP contribution in [0.3, 0.4) is 0 Å². The first kappa shape index (κ1) is 11.7. The van der Waals surface area contributed by atoms with Crippen LogP contribution in [0.2, 0.25) is 0 Å². The van der Waals surface area contributed by atoms with Crippen molar-refractivity contribution < 1.29 is 14.6 Å². The Morgan fingerprint density at radius 1 is 1.60 bits per heavy atom. The first-order valence-electron chi connectivity index (χ1n) is 4.70. The van der Waals surface area contributed by atoms with Crippen LogP contribution in [-0.2, 0) is 0 Å². The third-order valence-electron chi connectivity index (χ3n) is 2.05. The van der Waals surface area contributed by atoms with Gasteiger partial charge in [0.05, 0.1) is 7.11 Å². The van der Waals surface area contributed by atoms with Gasteiger partial charge in [0.2, 0.25) is 0 Å². The highest BCUT2D eigenvalue weighted by atomic mass is 16.5. The molecule has 0 bridgehead atoms. The maximum absolute atomic E-state index is 11.7. The van der Waals surface area contributed by atoms with E-state index in [1.807, 2.05) is 0 Å². The number of aliphatic hydroxyl groups is 1. The van der Waals surface area contributed by atoms with Gasteiger partial charge < -0.3 is 15.2 Å². The molecule has 0 radical (unpaired) electrons. The van der Waals surface area contributed by atoms with E-state index in [9.17, 15) is 9.90 Å². The molecule has 15 heavy (non-hydrogen) atoms.